The average Bonchev–Trinajstić information content (AvgIpc) is 2.59. The van der Waals surface area contributed by atoms with Crippen LogP contribution in [0.4, 0.5) is 18.9 Å². The minimum Gasteiger partial charge on any atom is -0.475 e. The first-order valence-corrected chi connectivity index (χ1v) is 5.44. The van der Waals surface area contributed by atoms with Crippen molar-refractivity contribution in [3.05, 3.63) is 23.2 Å². The number of carboxylic acids is 1. The van der Waals surface area contributed by atoms with Crippen molar-refractivity contribution in [1.29, 1.82) is 0 Å². The van der Waals surface area contributed by atoms with E-state index in [1.54, 1.807) is 17.5 Å². The standard InChI is InChI=1S/C8H8N2S.C2HF3O2/c1-5-4-7-8(11-5)6(9)2-3-10-7;3-2(4,5)1(6)7/h2-4H,1H3,(H2,9,10);(H,6,7). The van der Waals surface area contributed by atoms with Crippen molar-refractivity contribution in [3.8, 4) is 0 Å². The molecule has 3 N–H and O–H groups in total. The number of nitrogens with zero attached hydrogens (tertiary/aromatic N) is 1. The van der Waals surface area contributed by atoms with Gasteiger partial charge in [0.05, 0.1) is 15.9 Å². The van der Waals surface area contributed by atoms with Crippen molar-refractivity contribution in [2.45, 2.75) is 13.1 Å². The lowest BCUT2D eigenvalue weighted by Gasteiger charge is -1.93. The number of fused-ring (bicyclic) bond motifs is 1. The number of halogens is 3. The van der Waals surface area contributed by atoms with Gasteiger partial charge in [-0.2, -0.15) is 13.2 Å². The lowest BCUT2D eigenvalue weighted by atomic mass is 10.3. The molecule has 2 aromatic heterocycles. The summed E-state index contributed by atoms with van der Waals surface area (Å²) in [6.07, 6.45) is -3.34. The Kier molecular flexibility index (Phi) is 4.12. The van der Waals surface area contributed by atoms with Gasteiger partial charge in [0.15, 0.2) is 0 Å². The van der Waals surface area contributed by atoms with Gasteiger partial charge in [0.25, 0.3) is 0 Å². The van der Waals surface area contributed by atoms with Crippen molar-refractivity contribution >= 4 is 33.2 Å². The molecule has 0 radical (unpaired) electrons. The molecule has 4 nitrogen and oxygen atoms in total. The number of thiophene rings is 1. The molecule has 2 aromatic rings. The van der Waals surface area contributed by atoms with Crippen LogP contribution in [0.5, 0.6) is 0 Å². The van der Waals surface area contributed by atoms with Gasteiger partial charge in [-0.3, -0.25) is 4.98 Å². The maximum absolute atomic E-state index is 10.6. The maximum Gasteiger partial charge on any atom is 0.490 e. The van der Waals surface area contributed by atoms with E-state index >= 15 is 0 Å². The monoisotopic (exact) mass is 278 g/mol. The van der Waals surface area contributed by atoms with E-state index in [2.05, 4.69) is 18.0 Å². The summed E-state index contributed by atoms with van der Waals surface area (Å²) < 4.78 is 32.8. The highest BCUT2D eigenvalue weighted by atomic mass is 32.1. The van der Waals surface area contributed by atoms with Crippen molar-refractivity contribution < 1.29 is 23.1 Å². The number of hydrogen-bond acceptors (Lipinski definition) is 4. The Hall–Kier alpha value is -1.83. The van der Waals surface area contributed by atoms with Gasteiger partial charge in [0, 0.05) is 11.1 Å². The zero-order valence-corrected chi connectivity index (χ0v) is 9.97. The fraction of sp³-hybridized carbons (Fsp3) is 0.200. The molecule has 0 saturated carbocycles. The Labute approximate surface area is 104 Å². The third kappa shape index (κ3) is 3.59. The minimum absolute atomic E-state index is 0.827. The van der Waals surface area contributed by atoms with Gasteiger partial charge in [-0.05, 0) is 19.1 Å². The van der Waals surface area contributed by atoms with Crippen LogP contribution in [-0.4, -0.2) is 22.2 Å². The summed E-state index contributed by atoms with van der Waals surface area (Å²) in [6.45, 7) is 2.06. The summed E-state index contributed by atoms with van der Waals surface area (Å²) in [5.41, 5.74) is 7.57. The number of aromatic nitrogens is 1. The van der Waals surface area contributed by atoms with E-state index in [4.69, 9.17) is 15.6 Å². The van der Waals surface area contributed by atoms with Crippen LogP contribution >= 0.6 is 11.3 Å². The van der Waals surface area contributed by atoms with Crippen LogP contribution in [0.15, 0.2) is 18.3 Å². The molecule has 0 aliphatic heterocycles. The van der Waals surface area contributed by atoms with Crippen molar-refractivity contribution in [2.75, 3.05) is 5.73 Å². The van der Waals surface area contributed by atoms with Crippen LogP contribution in [0.25, 0.3) is 10.2 Å². The van der Waals surface area contributed by atoms with Crippen LogP contribution in [0.2, 0.25) is 0 Å². The lowest BCUT2D eigenvalue weighted by molar-refractivity contribution is -0.192. The zero-order valence-electron chi connectivity index (χ0n) is 9.15. The molecule has 0 aliphatic rings. The molecule has 0 saturated heterocycles. The van der Waals surface area contributed by atoms with Crippen LogP contribution in [0.3, 0.4) is 0 Å². The molecule has 0 atom stereocenters. The Morgan fingerprint density at radius 1 is 1.50 bits per heavy atom. The van der Waals surface area contributed by atoms with Crippen LogP contribution in [-0.2, 0) is 4.79 Å². The molecule has 2 rings (SSSR count). The van der Waals surface area contributed by atoms with Gasteiger partial charge in [0.1, 0.15) is 0 Å². The first-order chi connectivity index (χ1) is 8.21. The second kappa shape index (κ2) is 5.21. The number of nitrogen functional groups attached to an aromatic ring is 1. The predicted octanol–water partition coefficient (Wildman–Crippen LogP) is 2.82. The number of pyridine rings is 1. The number of alkyl halides is 3. The molecule has 0 aliphatic carbocycles. The molecule has 0 bridgehead atoms. The summed E-state index contributed by atoms with van der Waals surface area (Å²) in [6, 6.07) is 3.88. The van der Waals surface area contributed by atoms with Gasteiger partial charge < -0.3 is 10.8 Å². The van der Waals surface area contributed by atoms with Crippen molar-refractivity contribution in [3.63, 3.8) is 0 Å². The quantitative estimate of drug-likeness (QED) is 0.777. The SMILES string of the molecule is Cc1cc2nccc(N)c2s1.O=C(O)C(F)(F)F. The maximum atomic E-state index is 10.6. The average molecular weight is 278 g/mol. The number of aliphatic carboxylic acids is 1. The fourth-order valence-corrected chi connectivity index (χ4v) is 1.97. The highest BCUT2D eigenvalue weighted by Crippen LogP contribution is 2.27. The molecule has 18 heavy (non-hydrogen) atoms. The fourth-order valence-electron chi connectivity index (χ4n) is 1.08. The van der Waals surface area contributed by atoms with Gasteiger partial charge in [-0.25, -0.2) is 4.79 Å². The summed E-state index contributed by atoms with van der Waals surface area (Å²) in [5.74, 6) is -2.76. The summed E-state index contributed by atoms with van der Waals surface area (Å²) in [7, 11) is 0. The van der Waals surface area contributed by atoms with E-state index in [-0.39, 0.29) is 0 Å². The summed E-state index contributed by atoms with van der Waals surface area (Å²) in [4.78, 5) is 14.3. The number of carbonyl (C=O) groups is 1. The summed E-state index contributed by atoms with van der Waals surface area (Å²) >= 11 is 1.69. The molecule has 0 fully saturated rings. The first-order valence-electron chi connectivity index (χ1n) is 4.62. The van der Waals surface area contributed by atoms with Gasteiger partial charge in [-0.15, -0.1) is 11.3 Å². The Balaban J connectivity index is 0.000000203. The molecular formula is C10H9F3N2O2S. The predicted molar refractivity (Wildman–Crippen MR) is 62.5 cm³/mol. The summed E-state index contributed by atoms with van der Waals surface area (Å²) in [5, 5.41) is 7.12. The van der Waals surface area contributed by atoms with E-state index in [1.165, 1.54) is 4.88 Å². The highest BCUT2D eigenvalue weighted by molar-refractivity contribution is 7.19. The molecule has 98 valence electrons. The number of rotatable bonds is 0. The molecule has 0 amide bonds. The van der Waals surface area contributed by atoms with E-state index in [1.807, 2.05) is 6.07 Å². The van der Waals surface area contributed by atoms with Gasteiger partial charge in [0.2, 0.25) is 0 Å². The Morgan fingerprint density at radius 2 is 2.06 bits per heavy atom. The molecule has 2 heterocycles. The van der Waals surface area contributed by atoms with Gasteiger partial charge >= 0.3 is 12.1 Å². The zero-order chi connectivity index (χ0) is 13.9. The number of aryl methyl sites for hydroxylation is 1. The van der Waals surface area contributed by atoms with Crippen LogP contribution in [0.1, 0.15) is 4.88 Å². The Morgan fingerprint density at radius 3 is 2.50 bits per heavy atom. The third-order valence-corrected chi connectivity index (χ3v) is 2.90. The lowest BCUT2D eigenvalue weighted by Crippen LogP contribution is -2.21. The van der Waals surface area contributed by atoms with E-state index < -0.39 is 12.1 Å². The highest BCUT2D eigenvalue weighted by Gasteiger charge is 2.38. The smallest absolute Gasteiger partial charge is 0.475 e. The molecule has 0 unspecified atom stereocenters. The number of carboxylic acid groups (broad SMARTS) is 1. The Bertz CT molecular complexity index is 566. The largest absolute Gasteiger partial charge is 0.490 e. The second-order valence-electron chi connectivity index (χ2n) is 3.27. The van der Waals surface area contributed by atoms with Crippen LogP contribution in [0, 0.1) is 6.92 Å². The van der Waals surface area contributed by atoms with Crippen molar-refractivity contribution in [2.24, 2.45) is 0 Å². The molecular weight excluding hydrogens is 269 g/mol. The van der Waals surface area contributed by atoms with E-state index in [0.29, 0.717) is 0 Å². The molecule has 0 aromatic carbocycles. The van der Waals surface area contributed by atoms with Crippen LogP contribution < -0.4 is 5.73 Å². The van der Waals surface area contributed by atoms with E-state index in [9.17, 15) is 13.2 Å². The third-order valence-electron chi connectivity index (χ3n) is 1.81. The topological polar surface area (TPSA) is 76.2 Å². The molecule has 8 heteroatoms. The van der Waals surface area contributed by atoms with Gasteiger partial charge in [-0.1, -0.05) is 0 Å². The number of hydrogen-bond donors (Lipinski definition) is 2. The van der Waals surface area contributed by atoms with Crippen molar-refractivity contribution in [1.82, 2.24) is 4.98 Å². The normalized spacial score (nSPS) is 10.9. The van der Waals surface area contributed by atoms with E-state index in [0.717, 1.165) is 15.9 Å². The number of nitrogens with two attached hydrogens (primary N) is 1. The first kappa shape index (κ1) is 14.2. The number of anilines is 1. The second-order valence-corrected chi connectivity index (χ2v) is 4.53. The minimum atomic E-state index is -5.08. The molecule has 0 spiro atoms.